The van der Waals surface area contributed by atoms with Crippen LogP contribution in [-0.2, 0) is 16.0 Å². The molecule has 1 saturated heterocycles. The Balaban J connectivity index is 1.85. The smallest absolute Gasteiger partial charge is 0.309 e. The lowest BCUT2D eigenvalue weighted by Crippen LogP contribution is -2.27. The molecule has 8 nitrogen and oxygen atoms in total. The molecular weight excluding hydrogens is 392 g/mol. The molecule has 0 amide bonds. The third kappa shape index (κ3) is 2.60. The van der Waals surface area contributed by atoms with Crippen LogP contribution in [0, 0.1) is 11.8 Å². The maximum absolute atomic E-state index is 12.5. The summed E-state index contributed by atoms with van der Waals surface area (Å²) in [6.45, 7) is 0.274. The highest BCUT2D eigenvalue weighted by molar-refractivity contribution is 5.85. The van der Waals surface area contributed by atoms with Gasteiger partial charge in [-0.25, -0.2) is 0 Å². The van der Waals surface area contributed by atoms with Crippen molar-refractivity contribution in [3.8, 4) is 39.9 Å². The van der Waals surface area contributed by atoms with Gasteiger partial charge in [0, 0.05) is 11.5 Å². The van der Waals surface area contributed by atoms with E-state index in [9.17, 15) is 9.90 Å². The van der Waals surface area contributed by atoms with Crippen LogP contribution in [0.5, 0.6) is 28.7 Å². The molecular formula is C22H22O8. The van der Waals surface area contributed by atoms with E-state index < -0.39 is 12.0 Å². The molecule has 3 atom stereocenters. The fourth-order valence-electron chi connectivity index (χ4n) is 4.67. The van der Waals surface area contributed by atoms with Crippen molar-refractivity contribution in [2.45, 2.75) is 12.5 Å². The van der Waals surface area contributed by atoms with Crippen molar-refractivity contribution in [2.24, 2.45) is 11.8 Å². The maximum atomic E-state index is 12.5. The van der Waals surface area contributed by atoms with Gasteiger partial charge in [-0.3, -0.25) is 4.79 Å². The average Bonchev–Trinajstić information content (AvgIpc) is 3.36. The Labute approximate surface area is 173 Å². The summed E-state index contributed by atoms with van der Waals surface area (Å²) in [4.78, 5) is 12.5. The summed E-state index contributed by atoms with van der Waals surface area (Å²) in [5.74, 6) is 1.36. The zero-order valence-electron chi connectivity index (χ0n) is 16.9. The van der Waals surface area contributed by atoms with Gasteiger partial charge < -0.3 is 33.5 Å². The quantitative estimate of drug-likeness (QED) is 0.766. The molecule has 2 aromatic carbocycles. The van der Waals surface area contributed by atoms with Crippen LogP contribution in [0.3, 0.4) is 0 Å². The van der Waals surface area contributed by atoms with E-state index in [2.05, 4.69) is 0 Å². The Bertz CT molecular complexity index is 1030. The summed E-state index contributed by atoms with van der Waals surface area (Å²) < 4.78 is 33.3. The third-order valence-electron chi connectivity index (χ3n) is 6.13. The topological polar surface area (TPSA) is 92.7 Å². The summed E-state index contributed by atoms with van der Waals surface area (Å²) >= 11 is 0. The molecule has 0 bridgehead atoms. The van der Waals surface area contributed by atoms with Crippen molar-refractivity contribution in [1.82, 2.24) is 0 Å². The van der Waals surface area contributed by atoms with Crippen LogP contribution in [0.15, 0.2) is 18.2 Å². The number of methoxy groups -OCH3 is 3. The standard InChI is InChI=1S/C22H22O8/c1-25-17-5-10-4-13-14(8-28-22(13)24)19(23)12-7-16-15(29-9-30-16)6-11(12)18(10)21(27-3)20(17)26-2/h5-7,13-14,19,23H,4,8-9H2,1-3H3/t13?,14-,19-/m0/s1. The van der Waals surface area contributed by atoms with Crippen LogP contribution >= 0.6 is 0 Å². The Kier molecular flexibility index (Phi) is 4.39. The molecule has 3 aliphatic rings. The summed E-state index contributed by atoms with van der Waals surface area (Å²) in [6.07, 6.45) is -0.544. The molecule has 8 heteroatoms. The van der Waals surface area contributed by atoms with Crippen molar-refractivity contribution in [2.75, 3.05) is 34.7 Å². The number of ether oxygens (including phenoxy) is 6. The number of benzene rings is 2. The maximum Gasteiger partial charge on any atom is 0.309 e. The van der Waals surface area contributed by atoms with Gasteiger partial charge in [-0.1, -0.05) is 0 Å². The van der Waals surface area contributed by atoms with Crippen LogP contribution in [0.4, 0.5) is 0 Å². The first-order chi connectivity index (χ1) is 14.6. The fourth-order valence-corrected chi connectivity index (χ4v) is 4.67. The Morgan fingerprint density at radius 1 is 0.967 bits per heavy atom. The second kappa shape index (κ2) is 6.98. The Hall–Kier alpha value is -3.13. The molecule has 2 aromatic rings. The molecule has 5 rings (SSSR count). The summed E-state index contributed by atoms with van der Waals surface area (Å²) in [5.41, 5.74) is 2.92. The molecule has 1 fully saturated rings. The summed E-state index contributed by atoms with van der Waals surface area (Å²) in [7, 11) is 4.64. The molecule has 0 aromatic heterocycles. The highest BCUT2D eigenvalue weighted by Crippen LogP contribution is 2.54. The van der Waals surface area contributed by atoms with Crippen LogP contribution in [0.25, 0.3) is 11.1 Å². The average molecular weight is 414 g/mol. The predicted octanol–water partition coefficient (Wildman–Crippen LogP) is 2.49. The number of aliphatic hydroxyl groups is 1. The minimum atomic E-state index is -0.920. The number of fused-ring (bicyclic) bond motifs is 5. The van der Waals surface area contributed by atoms with Crippen LogP contribution in [-0.4, -0.2) is 45.8 Å². The first-order valence-electron chi connectivity index (χ1n) is 9.67. The second-order valence-electron chi connectivity index (χ2n) is 7.52. The minimum absolute atomic E-state index is 0.109. The van der Waals surface area contributed by atoms with Crippen LogP contribution in [0.1, 0.15) is 17.2 Å². The molecule has 30 heavy (non-hydrogen) atoms. The molecule has 2 heterocycles. The Morgan fingerprint density at radius 3 is 2.40 bits per heavy atom. The third-order valence-corrected chi connectivity index (χ3v) is 6.13. The van der Waals surface area contributed by atoms with Crippen molar-refractivity contribution >= 4 is 5.97 Å². The van der Waals surface area contributed by atoms with E-state index in [0.29, 0.717) is 40.7 Å². The van der Waals surface area contributed by atoms with E-state index >= 15 is 0 Å². The predicted molar refractivity (Wildman–Crippen MR) is 104 cm³/mol. The zero-order valence-corrected chi connectivity index (χ0v) is 16.9. The van der Waals surface area contributed by atoms with Gasteiger partial charge in [0.2, 0.25) is 12.5 Å². The number of carbonyl (C=O) groups excluding carboxylic acids is 1. The van der Waals surface area contributed by atoms with Gasteiger partial charge in [0.15, 0.2) is 23.0 Å². The van der Waals surface area contributed by atoms with E-state index in [4.69, 9.17) is 28.4 Å². The summed E-state index contributed by atoms with van der Waals surface area (Å²) in [5, 5.41) is 11.3. The number of esters is 1. The highest BCUT2D eigenvalue weighted by Gasteiger charge is 2.45. The van der Waals surface area contributed by atoms with Crippen molar-refractivity contribution in [1.29, 1.82) is 0 Å². The zero-order chi connectivity index (χ0) is 21.0. The van der Waals surface area contributed by atoms with Gasteiger partial charge in [0.05, 0.1) is 40.0 Å². The molecule has 0 radical (unpaired) electrons. The number of hydrogen-bond donors (Lipinski definition) is 1. The van der Waals surface area contributed by atoms with Gasteiger partial charge in [-0.15, -0.1) is 0 Å². The number of carbonyl (C=O) groups is 1. The number of hydrogen-bond acceptors (Lipinski definition) is 8. The molecule has 2 aliphatic heterocycles. The van der Waals surface area contributed by atoms with Gasteiger partial charge in [-0.05, 0) is 41.3 Å². The SMILES string of the molecule is COc1cc2c(c(OC)c1OC)-c1cc3c(cc1[C@H](O)[C@H]1COC(=O)C1C2)OCO3. The fraction of sp³-hybridized carbons (Fsp3) is 0.409. The number of cyclic esters (lactones) is 1. The van der Waals surface area contributed by atoms with E-state index in [0.717, 1.165) is 16.7 Å². The lowest BCUT2D eigenvalue weighted by molar-refractivity contribution is -0.141. The molecule has 0 spiro atoms. The molecule has 1 N–H and O–H groups in total. The number of rotatable bonds is 3. The van der Waals surface area contributed by atoms with Gasteiger partial charge in [0.1, 0.15) is 0 Å². The highest BCUT2D eigenvalue weighted by atomic mass is 16.7. The van der Waals surface area contributed by atoms with Crippen LogP contribution < -0.4 is 23.7 Å². The molecule has 1 unspecified atom stereocenters. The van der Waals surface area contributed by atoms with Crippen molar-refractivity contribution in [3.05, 3.63) is 29.3 Å². The van der Waals surface area contributed by atoms with E-state index in [-0.39, 0.29) is 25.3 Å². The van der Waals surface area contributed by atoms with Gasteiger partial charge in [-0.2, -0.15) is 0 Å². The summed E-state index contributed by atoms with van der Waals surface area (Å²) in [6, 6.07) is 5.46. The molecule has 158 valence electrons. The lowest BCUT2D eigenvalue weighted by Gasteiger charge is -2.30. The van der Waals surface area contributed by atoms with E-state index in [1.165, 1.54) is 7.11 Å². The monoisotopic (exact) mass is 414 g/mol. The largest absolute Gasteiger partial charge is 0.493 e. The van der Waals surface area contributed by atoms with E-state index in [1.54, 1.807) is 20.3 Å². The molecule has 0 saturated carbocycles. The Morgan fingerprint density at radius 2 is 1.70 bits per heavy atom. The second-order valence-corrected chi connectivity index (χ2v) is 7.52. The van der Waals surface area contributed by atoms with Crippen molar-refractivity contribution in [3.63, 3.8) is 0 Å². The number of aliphatic hydroxyl groups excluding tert-OH is 1. The van der Waals surface area contributed by atoms with Gasteiger partial charge >= 0.3 is 5.97 Å². The first-order valence-corrected chi connectivity index (χ1v) is 9.67. The normalized spacial score (nSPS) is 23.5. The molecule has 1 aliphatic carbocycles. The first kappa shape index (κ1) is 18.9. The van der Waals surface area contributed by atoms with E-state index in [1.807, 2.05) is 12.1 Å². The minimum Gasteiger partial charge on any atom is -0.493 e. The van der Waals surface area contributed by atoms with Crippen molar-refractivity contribution < 1.29 is 38.3 Å². The van der Waals surface area contributed by atoms with Gasteiger partial charge in [0.25, 0.3) is 0 Å². The lowest BCUT2D eigenvalue weighted by atomic mass is 9.76. The van der Waals surface area contributed by atoms with Crippen LogP contribution in [0.2, 0.25) is 0 Å².